The van der Waals surface area contributed by atoms with Crippen molar-refractivity contribution in [3.05, 3.63) is 57.1 Å². The van der Waals surface area contributed by atoms with Gasteiger partial charge in [-0.2, -0.15) is 5.06 Å². The smallest absolute Gasteiger partial charge is 0.345 e. The number of hydroxylamine groups is 1. The average molecular weight is 407 g/mol. The van der Waals surface area contributed by atoms with Crippen molar-refractivity contribution in [3.8, 4) is 5.75 Å². The normalized spacial score (nSPS) is 10.5. The van der Waals surface area contributed by atoms with E-state index in [0.29, 0.717) is 16.3 Å². The summed E-state index contributed by atoms with van der Waals surface area (Å²) in [6.07, 6.45) is 0.979. The average Bonchev–Trinajstić information content (AvgIpc) is 2.61. The number of amides is 2. The van der Waals surface area contributed by atoms with Crippen LogP contribution >= 0.6 is 15.9 Å². The van der Waals surface area contributed by atoms with Crippen LogP contribution in [0.5, 0.6) is 5.75 Å². The number of carbonyl (C=O) groups is 1. The zero-order chi connectivity index (χ0) is 18.6. The summed E-state index contributed by atoms with van der Waals surface area (Å²) >= 11 is 3.47. The molecule has 0 fully saturated rings. The summed E-state index contributed by atoms with van der Waals surface area (Å²) in [5.41, 5.74) is 4.60. The van der Waals surface area contributed by atoms with E-state index < -0.39 is 6.03 Å². The minimum absolute atomic E-state index is 0.219. The molecule has 2 aromatic carbocycles. The first kappa shape index (κ1) is 19.3. The number of ether oxygens (including phenoxy) is 1. The van der Waals surface area contributed by atoms with Crippen molar-refractivity contribution in [2.75, 3.05) is 12.1 Å². The molecule has 25 heavy (non-hydrogen) atoms. The summed E-state index contributed by atoms with van der Waals surface area (Å²) in [6.45, 7) is 6.43. The van der Waals surface area contributed by atoms with E-state index in [9.17, 15) is 10.0 Å². The van der Waals surface area contributed by atoms with Crippen LogP contribution in [-0.4, -0.2) is 18.3 Å². The van der Waals surface area contributed by atoms with E-state index in [4.69, 9.17) is 4.74 Å². The Kier molecular flexibility index (Phi) is 6.45. The van der Waals surface area contributed by atoms with Gasteiger partial charge in [-0.15, -0.1) is 0 Å². The fourth-order valence-electron chi connectivity index (χ4n) is 2.64. The summed E-state index contributed by atoms with van der Waals surface area (Å²) in [5, 5.41) is 13.1. The van der Waals surface area contributed by atoms with Crippen LogP contribution in [0, 0.1) is 13.8 Å². The number of aryl methyl sites for hydroxylation is 3. The highest BCUT2D eigenvalue weighted by Gasteiger charge is 2.18. The lowest BCUT2D eigenvalue weighted by atomic mass is 10.0. The lowest BCUT2D eigenvalue weighted by molar-refractivity contribution is 0.205. The summed E-state index contributed by atoms with van der Waals surface area (Å²) in [5.74, 6) is 0.792. The zero-order valence-corrected chi connectivity index (χ0v) is 16.5. The monoisotopic (exact) mass is 406 g/mol. The van der Waals surface area contributed by atoms with Gasteiger partial charge < -0.3 is 10.1 Å². The van der Waals surface area contributed by atoms with Crippen LogP contribution < -0.4 is 15.1 Å². The van der Waals surface area contributed by atoms with E-state index in [0.717, 1.165) is 22.2 Å². The minimum atomic E-state index is -0.612. The number of nitrogens with one attached hydrogen (secondary N) is 1. The van der Waals surface area contributed by atoms with E-state index >= 15 is 0 Å². The van der Waals surface area contributed by atoms with Gasteiger partial charge in [0.1, 0.15) is 12.4 Å². The Labute approximate surface area is 156 Å². The molecule has 0 aromatic heterocycles. The third-order valence-corrected chi connectivity index (χ3v) is 4.86. The number of anilines is 1. The molecule has 0 aliphatic heterocycles. The maximum absolute atomic E-state index is 11.7. The van der Waals surface area contributed by atoms with Gasteiger partial charge in [0.05, 0.1) is 5.69 Å². The van der Waals surface area contributed by atoms with Gasteiger partial charge >= 0.3 is 6.03 Å². The van der Waals surface area contributed by atoms with Crippen LogP contribution in [0.3, 0.4) is 0 Å². The fraction of sp³-hybridized carbons (Fsp3) is 0.316. The number of hydrogen-bond donors (Lipinski definition) is 2. The van der Waals surface area contributed by atoms with Gasteiger partial charge in [0.15, 0.2) is 0 Å². The predicted molar refractivity (Wildman–Crippen MR) is 102 cm³/mol. The van der Waals surface area contributed by atoms with Crippen molar-refractivity contribution in [1.82, 2.24) is 5.32 Å². The third-order valence-electron chi connectivity index (χ3n) is 4.11. The molecule has 2 N–H and O–H groups in total. The first-order valence-corrected chi connectivity index (χ1v) is 8.89. The van der Waals surface area contributed by atoms with Crippen molar-refractivity contribution >= 4 is 27.6 Å². The highest BCUT2D eigenvalue weighted by molar-refractivity contribution is 9.10. The Morgan fingerprint density at radius 3 is 2.64 bits per heavy atom. The van der Waals surface area contributed by atoms with Crippen molar-refractivity contribution in [3.63, 3.8) is 0 Å². The molecule has 0 unspecified atom stereocenters. The van der Waals surface area contributed by atoms with E-state index in [1.807, 2.05) is 19.1 Å². The van der Waals surface area contributed by atoms with Crippen molar-refractivity contribution < 1.29 is 14.7 Å². The number of halogens is 1. The Bertz CT molecular complexity index is 778. The van der Waals surface area contributed by atoms with Gasteiger partial charge in [0.25, 0.3) is 0 Å². The lowest BCUT2D eigenvalue weighted by Crippen LogP contribution is -2.36. The summed E-state index contributed by atoms with van der Waals surface area (Å²) < 4.78 is 6.75. The number of hydrogen-bond acceptors (Lipinski definition) is 3. The van der Waals surface area contributed by atoms with Crippen molar-refractivity contribution in [2.45, 2.75) is 33.8 Å². The first-order valence-electron chi connectivity index (χ1n) is 8.10. The van der Waals surface area contributed by atoms with Crippen LogP contribution in [-0.2, 0) is 13.0 Å². The third kappa shape index (κ3) is 4.32. The van der Waals surface area contributed by atoms with Crippen LogP contribution in [0.2, 0.25) is 0 Å². The molecule has 0 radical (unpaired) electrons. The number of nitrogens with zero attached hydrogens (tertiary/aromatic N) is 1. The first-order chi connectivity index (χ1) is 11.9. The van der Waals surface area contributed by atoms with E-state index in [1.165, 1.54) is 18.2 Å². The van der Waals surface area contributed by atoms with Gasteiger partial charge in [-0.25, -0.2) is 4.79 Å². The van der Waals surface area contributed by atoms with Gasteiger partial charge in [-0.05, 0) is 55.2 Å². The molecule has 0 spiro atoms. The second-order valence-corrected chi connectivity index (χ2v) is 6.65. The highest BCUT2D eigenvalue weighted by Crippen LogP contribution is 2.30. The van der Waals surface area contributed by atoms with E-state index in [-0.39, 0.29) is 6.61 Å². The molecular weight excluding hydrogens is 384 g/mol. The van der Waals surface area contributed by atoms with Crippen LogP contribution in [0.25, 0.3) is 0 Å². The Morgan fingerprint density at radius 1 is 1.28 bits per heavy atom. The molecule has 2 rings (SSSR count). The van der Waals surface area contributed by atoms with Gasteiger partial charge in [-0.3, -0.25) is 5.21 Å². The van der Waals surface area contributed by atoms with Crippen LogP contribution in [0.1, 0.15) is 29.2 Å². The molecule has 0 bridgehead atoms. The summed E-state index contributed by atoms with van der Waals surface area (Å²) in [6, 6.07) is 8.81. The Balaban J connectivity index is 2.30. The Morgan fingerprint density at radius 2 is 2.00 bits per heavy atom. The Hall–Kier alpha value is -2.05. The molecule has 2 aromatic rings. The molecule has 134 valence electrons. The number of carbonyl (C=O) groups excluding carboxylic acids is 1. The zero-order valence-electron chi connectivity index (χ0n) is 14.9. The number of urea groups is 1. The maximum Gasteiger partial charge on any atom is 0.345 e. The number of benzene rings is 2. The maximum atomic E-state index is 11.7. The van der Waals surface area contributed by atoms with Gasteiger partial charge in [0, 0.05) is 17.1 Å². The lowest BCUT2D eigenvalue weighted by Gasteiger charge is -2.20. The molecular formula is C19H23BrN2O3. The fourth-order valence-corrected chi connectivity index (χ4v) is 3.11. The summed E-state index contributed by atoms with van der Waals surface area (Å²) in [7, 11) is 1.46. The molecule has 5 nitrogen and oxygen atoms in total. The summed E-state index contributed by atoms with van der Waals surface area (Å²) in [4.78, 5) is 11.7. The standard InChI is InChI=1S/C19H23BrN2O3/c1-5-14-9-13(3)18(10-12(14)2)25-11-15-16(20)7-6-8-17(15)22(24)19(23)21-4/h6-10,24H,5,11H2,1-4H3,(H,21,23). The minimum Gasteiger partial charge on any atom is -0.489 e. The molecule has 0 aliphatic rings. The van der Waals surface area contributed by atoms with Crippen LogP contribution in [0.4, 0.5) is 10.5 Å². The largest absolute Gasteiger partial charge is 0.489 e. The molecule has 6 heteroatoms. The van der Waals surface area contributed by atoms with Crippen molar-refractivity contribution in [2.24, 2.45) is 0 Å². The number of rotatable bonds is 5. The van der Waals surface area contributed by atoms with Gasteiger partial charge in [0.2, 0.25) is 0 Å². The molecule has 0 saturated heterocycles. The molecule has 0 aliphatic carbocycles. The van der Waals surface area contributed by atoms with E-state index in [1.54, 1.807) is 12.1 Å². The molecule has 0 heterocycles. The quantitative estimate of drug-likeness (QED) is 0.556. The second kappa shape index (κ2) is 8.36. The predicted octanol–water partition coefficient (Wildman–Crippen LogP) is 4.74. The second-order valence-electron chi connectivity index (χ2n) is 5.79. The van der Waals surface area contributed by atoms with E-state index in [2.05, 4.69) is 41.2 Å². The highest BCUT2D eigenvalue weighted by atomic mass is 79.9. The topological polar surface area (TPSA) is 61.8 Å². The van der Waals surface area contributed by atoms with Crippen LogP contribution in [0.15, 0.2) is 34.8 Å². The van der Waals surface area contributed by atoms with Crippen molar-refractivity contribution in [1.29, 1.82) is 0 Å². The molecule has 2 amide bonds. The SMILES string of the molecule is CCc1cc(C)c(OCc2c(Br)cccc2N(O)C(=O)NC)cc1C. The molecule has 0 atom stereocenters. The molecule has 0 saturated carbocycles. The van der Waals surface area contributed by atoms with Gasteiger partial charge in [-0.1, -0.05) is 35.0 Å².